The lowest BCUT2D eigenvalue weighted by Crippen LogP contribution is -2.39. The highest BCUT2D eigenvalue weighted by atomic mass is 16.2. The lowest BCUT2D eigenvalue weighted by atomic mass is 10.1. The molecule has 0 spiro atoms. The van der Waals surface area contributed by atoms with Crippen LogP contribution in [0.5, 0.6) is 0 Å². The minimum Gasteiger partial charge on any atom is -0.317 e. The van der Waals surface area contributed by atoms with Gasteiger partial charge in [-0.3, -0.25) is 18.3 Å². The van der Waals surface area contributed by atoms with E-state index in [1.54, 1.807) is 7.05 Å². The summed E-state index contributed by atoms with van der Waals surface area (Å²) >= 11 is 0. The van der Waals surface area contributed by atoms with E-state index in [1.165, 1.54) is 9.13 Å². The SMILES string of the molecule is Cc1ccccc1Cn1c(=O)c2c(nc3n(C)c(C)c(C)n23)n(C)c1=O. The lowest BCUT2D eigenvalue weighted by Gasteiger charge is -2.10. The number of nitrogens with zero attached hydrogens (tertiary/aromatic N) is 5. The van der Waals surface area contributed by atoms with Crippen LogP contribution in [0, 0.1) is 20.8 Å². The summed E-state index contributed by atoms with van der Waals surface area (Å²) in [7, 11) is 3.57. The van der Waals surface area contributed by atoms with Crippen molar-refractivity contribution in [3.05, 3.63) is 67.6 Å². The van der Waals surface area contributed by atoms with E-state index in [9.17, 15) is 9.59 Å². The molecule has 4 aromatic rings. The number of aromatic nitrogens is 5. The second-order valence-electron chi connectivity index (χ2n) is 6.81. The maximum Gasteiger partial charge on any atom is 0.332 e. The number of rotatable bonds is 2. The Morgan fingerprint density at radius 1 is 0.962 bits per heavy atom. The maximum atomic E-state index is 13.2. The third-order valence-electron chi connectivity index (χ3n) is 5.38. The standard InChI is InChI=1S/C19H21N5O2/c1-11-8-6-7-9-14(11)10-23-17(25)15-16(22(5)19(23)26)20-18-21(4)12(2)13(3)24(15)18/h6-9H,10H2,1-5H3. The first-order chi connectivity index (χ1) is 12.3. The van der Waals surface area contributed by atoms with Crippen molar-refractivity contribution in [2.24, 2.45) is 14.1 Å². The molecular weight excluding hydrogens is 330 g/mol. The Morgan fingerprint density at radius 3 is 2.35 bits per heavy atom. The molecule has 0 aliphatic rings. The number of fused-ring (bicyclic) bond motifs is 3. The van der Waals surface area contributed by atoms with Crippen LogP contribution < -0.4 is 11.2 Å². The molecule has 7 heteroatoms. The minimum absolute atomic E-state index is 0.242. The molecule has 0 saturated carbocycles. The molecule has 4 rings (SSSR count). The molecule has 0 atom stereocenters. The van der Waals surface area contributed by atoms with Gasteiger partial charge in [0.25, 0.3) is 5.56 Å². The Kier molecular flexibility index (Phi) is 3.44. The van der Waals surface area contributed by atoms with Crippen molar-refractivity contribution < 1.29 is 0 Å². The highest BCUT2D eigenvalue weighted by molar-refractivity contribution is 5.76. The largest absolute Gasteiger partial charge is 0.332 e. The van der Waals surface area contributed by atoms with E-state index in [4.69, 9.17) is 0 Å². The van der Waals surface area contributed by atoms with Crippen molar-refractivity contribution in [3.63, 3.8) is 0 Å². The molecular formula is C19H21N5O2. The Balaban J connectivity index is 2.11. The predicted octanol–water partition coefficient (Wildman–Crippen LogP) is 1.66. The first-order valence-electron chi connectivity index (χ1n) is 8.51. The second kappa shape index (κ2) is 5.45. The second-order valence-corrected chi connectivity index (χ2v) is 6.81. The summed E-state index contributed by atoms with van der Waals surface area (Å²) in [6, 6.07) is 7.78. The van der Waals surface area contributed by atoms with Crippen LogP contribution in [0.15, 0.2) is 33.9 Å². The Hall–Kier alpha value is -3.09. The molecule has 1 aromatic carbocycles. The van der Waals surface area contributed by atoms with Crippen LogP contribution >= 0.6 is 0 Å². The predicted molar refractivity (Wildman–Crippen MR) is 101 cm³/mol. The molecule has 3 heterocycles. The van der Waals surface area contributed by atoms with Gasteiger partial charge < -0.3 is 4.57 Å². The van der Waals surface area contributed by atoms with Crippen molar-refractivity contribution in [2.75, 3.05) is 0 Å². The molecule has 0 aliphatic carbocycles. The summed E-state index contributed by atoms with van der Waals surface area (Å²) in [4.78, 5) is 30.6. The van der Waals surface area contributed by atoms with Crippen LogP contribution in [-0.2, 0) is 20.6 Å². The fourth-order valence-corrected chi connectivity index (χ4v) is 3.50. The van der Waals surface area contributed by atoms with Gasteiger partial charge in [0.05, 0.1) is 6.54 Å². The number of hydrogen-bond acceptors (Lipinski definition) is 3. The number of aryl methyl sites for hydroxylation is 4. The molecule has 7 nitrogen and oxygen atoms in total. The molecule has 0 unspecified atom stereocenters. The van der Waals surface area contributed by atoms with Gasteiger partial charge >= 0.3 is 5.69 Å². The summed E-state index contributed by atoms with van der Waals surface area (Å²) in [5.41, 5.74) is 4.17. The van der Waals surface area contributed by atoms with Crippen molar-refractivity contribution in [1.82, 2.24) is 23.1 Å². The van der Waals surface area contributed by atoms with Crippen molar-refractivity contribution in [1.29, 1.82) is 0 Å². The molecule has 0 amide bonds. The van der Waals surface area contributed by atoms with E-state index in [0.29, 0.717) is 16.9 Å². The molecule has 0 aliphatic heterocycles. The number of imidazole rings is 2. The van der Waals surface area contributed by atoms with Gasteiger partial charge in [-0.1, -0.05) is 24.3 Å². The van der Waals surface area contributed by atoms with Gasteiger partial charge in [-0.15, -0.1) is 0 Å². The van der Waals surface area contributed by atoms with Crippen LogP contribution in [-0.4, -0.2) is 23.1 Å². The van der Waals surface area contributed by atoms with Gasteiger partial charge in [-0.25, -0.2) is 4.79 Å². The molecule has 0 N–H and O–H groups in total. The fraction of sp³-hybridized carbons (Fsp3) is 0.316. The monoisotopic (exact) mass is 351 g/mol. The quantitative estimate of drug-likeness (QED) is 0.552. The van der Waals surface area contributed by atoms with Gasteiger partial charge in [0.2, 0.25) is 5.78 Å². The third kappa shape index (κ3) is 2.03. The number of benzene rings is 1. The summed E-state index contributed by atoms with van der Waals surface area (Å²) in [6.07, 6.45) is 0. The van der Waals surface area contributed by atoms with Crippen LogP contribution in [0.2, 0.25) is 0 Å². The topological polar surface area (TPSA) is 66.2 Å². The summed E-state index contributed by atoms with van der Waals surface area (Å²) < 4.78 is 6.53. The van der Waals surface area contributed by atoms with Gasteiger partial charge in [-0.2, -0.15) is 4.98 Å². The van der Waals surface area contributed by atoms with Gasteiger partial charge in [0.15, 0.2) is 11.2 Å². The van der Waals surface area contributed by atoms with Crippen molar-refractivity contribution in [2.45, 2.75) is 27.3 Å². The Morgan fingerprint density at radius 2 is 1.65 bits per heavy atom. The molecule has 0 radical (unpaired) electrons. The summed E-state index contributed by atoms with van der Waals surface area (Å²) in [5.74, 6) is 0.663. The average Bonchev–Trinajstić information content (AvgIpc) is 3.11. The maximum absolute atomic E-state index is 13.2. The van der Waals surface area contributed by atoms with Crippen LogP contribution in [0.1, 0.15) is 22.5 Å². The Labute approximate surface area is 149 Å². The van der Waals surface area contributed by atoms with Crippen molar-refractivity contribution in [3.8, 4) is 0 Å². The summed E-state index contributed by atoms with van der Waals surface area (Å²) in [6.45, 7) is 6.17. The van der Waals surface area contributed by atoms with E-state index in [2.05, 4.69) is 4.98 Å². The smallest absolute Gasteiger partial charge is 0.317 e. The highest BCUT2D eigenvalue weighted by Gasteiger charge is 2.21. The van der Waals surface area contributed by atoms with E-state index >= 15 is 0 Å². The first-order valence-corrected chi connectivity index (χ1v) is 8.51. The molecule has 0 saturated heterocycles. The fourth-order valence-electron chi connectivity index (χ4n) is 3.50. The molecule has 3 aromatic heterocycles. The van der Waals surface area contributed by atoms with Gasteiger partial charge in [0.1, 0.15) is 0 Å². The summed E-state index contributed by atoms with van der Waals surface area (Å²) in [5, 5.41) is 0. The third-order valence-corrected chi connectivity index (χ3v) is 5.38. The van der Waals surface area contributed by atoms with Crippen LogP contribution in [0.25, 0.3) is 16.9 Å². The molecule has 26 heavy (non-hydrogen) atoms. The van der Waals surface area contributed by atoms with Crippen molar-refractivity contribution >= 4 is 16.9 Å². The van der Waals surface area contributed by atoms with E-state index < -0.39 is 0 Å². The minimum atomic E-state index is -0.358. The Bertz CT molecular complexity index is 1300. The van der Waals surface area contributed by atoms with Gasteiger partial charge in [0, 0.05) is 25.5 Å². The van der Waals surface area contributed by atoms with E-state index in [0.717, 1.165) is 22.5 Å². The molecule has 134 valence electrons. The highest BCUT2D eigenvalue weighted by Crippen LogP contribution is 2.19. The first kappa shape index (κ1) is 16.4. The van der Waals surface area contributed by atoms with Gasteiger partial charge in [-0.05, 0) is 31.9 Å². The average molecular weight is 351 g/mol. The zero-order valence-corrected chi connectivity index (χ0v) is 15.6. The van der Waals surface area contributed by atoms with E-state index in [-0.39, 0.29) is 17.8 Å². The zero-order chi connectivity index (χ0) is 18.7. The normalized spacial score (nSPS) is 11.7. The number of hydrogen-bond donors (Lipinski definition) is 0. The lowest BCUT2D eigenvalue weighted by molar-refractivity contribution is 0.654. The zero-order valence-electron chi connectivity index (χ0n) is 15.6. The van der Waals surface area contributed by atoms with Crippen LogP contribution in [0.3, 0.4) is 0 Å². The molecule has 0 fully saturated rings. The van der Waals surface area contributed by atoms with Crippen LogP contribution in [0.4, 0.5) is 0 Å². The molecule has 0 bridgehead atoms. The van der Waals surface area contributed by atoms with E-state index in [1.807, 2.05) is 61.1 Å².